The summed E-state index contributed by atoms with van der Waals surface area (Å²) in [4.78, 5) is 28.3. The minimum Gasteiger partial charge on any atom is -0.354 e. The smallest absolute Gasteiger partial charge is 0.264 e. The highest BCUT2D eigenvalue weighted by atomic mass is 35.5. The van der Waals surface area contributed by atoms with Crippen LogP contribution in [-0.2, 0) is 26.2 Å². The van der Waals surface area contributed by atoms with Gasteiger partial charge in [0, 0.05) is 18.1 Å². The molecule has 0 aliphatic carbocycles. The summed E-state index contributed by atoms with van der Waals surface area (Å²) in [6.07, 6.45) is 0. The van der Waals surface area contributed by atoms with Crippen LogP contribution >= 0.6 is 34.8 Å². The molecule has 0 aromatic heterocycles. The summed E-state index contributed by atoms with van der Waals surface area (Å²) < 4.78 is 28.7. The van der Waals surface area contributed by atoms with E-state index in [4.69, 9.17) is 34.8 Å². The molecule has 0 heterocycles. The van der Waals surface area contributed by atoms with E-state index in [1.165, 1.54) is 29.2 Å². The summed E-state index contributed by atoms with van der Waals surface area (Å²) in [5.74, 6) is -0.735. The molecule has 0 radical (unpaired) electrons. The zero-order valence-electron chi connectivity index (χ0n) is 22.7. The summed E-state index contributed by atoms with van der Waals surface area (Å²) in [5.41, 5.74) is 1.78. The fourth-order valence-corrected chi connectivity index (χ4v) is 5.70. The molecule has 0 spiro atoms. The van der Waals surface area contributed by atoms with Gasteiger partial charge in [-0.1, -0.05) is 72.4 Å². The lowest BCUT2D eigenvalue weighted by Gasteiger charge is -2.32. The molecule has 3 rings (SSSR count). The number of halogens is 3. The van der Waals surface area contributed by atoms with Gasteiger partial charge in [0.2, 0.25) is 11.8 Å². The van der Waals surface area contributed by atoms with Gasteiger partial charge in [0.25, 0.3) is 10.0 Å². The number of nitrogens with one attached hydrogen (secondary N) is 1. The van der Waals surface area contributed by atoms with E-state index in [1.54, 1.807) is 49.4 Å². The van der Waals surface area contributed by atoms with Gasteiger partial charge in [0.05, 0.1) is 20.6 Å². The first kappa shape index (κ1) is 31.7. The van der Waals surface area contributed by atoms with Crippen molar-refractivity contribution in [2.75, 3.05) is 17.4 Å². The van der Waals surface area contributed by atoms with Crippen molar-refractivity contribution in [1.29, 1.82) is 0 Å². The monoisotopic (exact) mass is 623 g/mol. The molecule has 0 unspecified atom stereocenters. The van der Waals surface area contributed by atoms with Crippen LogP contribution in [0.15, 0.2) is 71.6 Å². The maximum atomic E-state index is 13.9. The first-order chi connectivity index (χ1) is 18.8. The molecule has 0 saturated carbocycles. The van der Waals surface area contributed by atoms with Crippen LogP contribution in [0.1, 0.15) is 31.9 Å². The summed E-state index contributed by atoms with van der Waals surface area (Å²) in [6.45, 7) is 7.26. The lowest BCUT2D eigenvalue weighted by Crippen LogP contribution is -2.51. The number of anilines is 1. The number of rotatable bonds is 11. The van der Waals surface area contributed by atoms with E-state index >= 15 is 0 Å². The Kier molecular flexibility index (Phi) is 10.9. The Hall–Kier alpha value is -2.78. The molecule has 214 valence electrons. The van der Waals surface area contributed by atoms with E-state index in [2.05, 4.69) is 5.32 Å². The third-order valence-corrected chi connectivity index (χ3v) is 8.97. The normalized spacial score (nSPS) is 12.2. The van der Waals surface area contributed by atoms with Crippen molar-refractivity contribution in [3.63, 3.8) is 0 Å². The van der Waals surface area contributed by atoms with E-state index in [1.807, 2.05) is 20.8 Å². The zero-order valence-corrected chi connectivity index (χ0v) is 25.8. The van der Waals surface area contributed by atoms with Crippen molar-refractivity contribution in [3.8, 4) is 0 Å². The number of hydrogen-bond acceptors (Lipinski definition) is 4. The highest BCUT2D eigenvalue weighted by Gasteiger charge is 2.32. The summed E-state index contributed by atoms with van der Waals surface area (Å²) in [7, 11) is -4.16. The molecule has 40 heavy (non-hydrogen) atoms. The third-order valence-electron chi connectivity index (χ3n) is 6.19. The zero-order chi connectivity index (χ0) is 29.6. The number of hydrogen-bond donors (Lipinski definition) is 1. The molecule has 3 aromatic rings. The maximum absolute atomic E-state index is 13.9. The van der Waals surface area contributed by atoms with Gasteiger partial charge in [-0.2, -0.15) is 0 Å². The van der Waals surface area contributed by atoms with Gasteiger partial charge in [-0.25, -0.2) is 8.42 Å². The SMILES string of the molecule is Cc1ccc(S(=O)(=O)N(CC(=O)N(Cc2ccc(Cl)c(Cl)c2)[C@@H](C)C(=O)NCC(C)C)c2ccc(Cl)cc2)cc1. The highest BCUT2D eigenvalue weighted by Crippen LogP contribution is 2.27. The van der Waals surface area contributed by atoms with Crippen LogP contribution in [0.4, 0.5) is 5.69 Å². The lowest BCUT2D eigenvalue weighted by molar-refractivity contribution is -0.139. The Morgan fingerprint density at radius 2 is 1.50 bits per heavy atom. The molecule has 1 atom stereocenters. The Bertz CT molecular complexity index is 1450. The van der Waals surface area contributed by atoms with Crippen molar-refractivity contribution in [3.05, 3.63) is 92.9 Å². The number of sulfonamides is 1. The van der Waals surface area contributed by atoms with Crippen LogP contribution in [0.25, 0.3) is 0 Å². The van der Waals surface area contributed by atoms with Crippen LogP contribution in [0, 0.1) is 12.8 Å². The van der Waals surface area contributed by atoms with Gasteiger partial charge >= 0.3 is 0 Å². The minimum absolute atomic E-state index is 0.00498. The second-order valence-electron chi connectivity index (χ2n) is 9.89. The van der Waals surface area contributed by atoms with Gasteiger partial charge in [-0.05, 0) is 73.9 Å². The molecule has 0 aliphatic rings. The van der Waals surface area contributed by atoms with Gasteiger partial charge < -0.3 is 10.2 Å². The second-order valence-corrected chi connectivity index (χ2v) is 13.0. The van der Waals surface area contributed by atoms with Crippen molar-refractivity contribution in [2.45, 2.75) is 45.2 Å². The van der Waals surface area contributed by atoms with E-state index in [0.29, 0.717) is 27.2 Å². The van der Waals surface area contributed by atoms with Gasteiger partial charge in [-0.3, -0.25) is 13.9 Å². The minimum atomic E-state index is -4.16. The first-order valence-electron chi connectivity index (χ1n) is 12.7. The molecule has 1 N–H and O–H groups in total. The number of nitrogens with zero attached hydrogens (tertiary/aromatic N) is 2. The topological polar surface area (TPSA) is 86.8 Å². The average Bonchev–Trinajstić information content (AvgIpc) is 2.91. The molecular weight excluding hydrogens is 593 g/mol. The Morgan fingerprint density at radius 3 is 2.08 bits per heavy atom. The fourth-order valence-electron chi connectivity index (χ4n) is 3.84. The molecule has 0 aliphatic heterocycles. The Morgan fingerprint density at radius 1 is 0.875 bits per heavy atom. The average molecular weight is 625 g/mol. The third kappa shape index (κ3) is 8.13. The van der Waals surface area contributed by atoms with Crippen LogP contribution in [0.2, 0.25) is 15.1 Å². The predicted molar refractivity (Wildman–Crippen MR) is 161 cm³/mol. The molecule has 11 heteroatoms. The van der Waals surface area contributed by atoms with Crippen molar-refractivity contribution < 1.29 is 18.0 Å². The standard InChI is InChI=1S/C29H32Cl3N3O4S/c1-19(2)16-33-29(37)21(4)34(17-22-7-14-26(31)27(32)15-22)28(36)18-35(24-10-8-23(30)9-11-24)40(38,39)25-12-5-20(3)6-13-25/h5-15,19,21H,16-18H2,1-4H3,(H,33,37)/t21-/m0/s1. The quantitative estimate of drug-likeness (QED) is 0.270. The van der Waals surface area contributed by atoms with Crippen LogP contribution < -0.4 is 9.62 Å². The second kappa shape index (κ2) is 13.7. The molecule has 0 saturated heterocycles. The Balaban J connectivity index is 2.02. The number of carbonyl (C=O) groups is 2. The molecular formula is C29H32Cl3N3O4S. The molecule has 0 fully saturated rings. The van der Waals surface area contributed by atoms with Gasteiger partial charge in [0.1, 0.15) is 12.6 Å². The molecule has 0 bridgehead atoms. The van der Waals surface area contributed by atoms with E-state index in [-0.39, 0.29) is 29.0 Å². The fraction of sp³-hybridized carbons (Fsp3) is 0.310. The highest BCUT2D eigenvalue weighted by molar-refractivity contribution is 7.92. The Labute approximate surface area is 251 Å². The van der Waals surface area contributed by atoms with Crippen molar-refractivity contribution in [2.24, 2.45) is 5.92 Å². The maximum Gasteiger partial charge on any atom is 0.264 e. The number of benzene rings is 3. The van der Waals surface area contributed by atoms with E-state index < -0.39 is 28.5 Å². The predicted octanol–water partition coefficient (Wildman–Crippen LogP) is 6.34. The summed E-state index contributed by atoms with van der Waals surface area (Å²) >= 11 is 18.3. The van der Waals surface area contributed by atoms with E-state index in [9.17, 15) is 18.0 Å². The molecule has 3 aromatic carbocycles. The van der Waals surface area contributed by atoms with Gasteiger partial charge in [-0.15, -0.1) is 0 Å². The largest absolute Gasteiger partial charge is 0.354 e. The van der Waals surface area contributed by atoms with Gasteiger partial charge in [0.15, 0.2) is 0 Å². The number of amides is 2. The number of aryl methyl sites for hydroxylation is 1. The molecule has 2 amide bonds. The number of carbonyl (C=O) groups excluding carboxylic acids is 2. The van der Waals surface area contributed by atoms with Crippen molar-refractivity contribution >= 4 is 62.3 Å². The molecule has 7 nitrogen and oxygen atoms in total. The van der Waals surface area contributed by atoms with E-state index in [0.717, 1.165) is 9.87 Å². The summed E-state index contributed by atoms with van der Waals surface area (Å²) in [6, 6.07) is 16.5. The van der Waals surface area contributed by atoms with Crippen LogP contribution in [0.5, 0.6) is 0 Å². The first-order valence-corrected chi connectivity index (χ1v) is 15.2. The summed E-state index contributed by atoms with van der Waals surface area (Å²) in [5, 5.41) is 3.92. The lowest BCUT2D eigenvalue weighted by atomic mass is 10.1. The van der Waals surface area contributed by atoms with Crippen LogP contribution in [-0.4, -0.2) is 44.3 Å². The van der Waals surface area contributed by atoms with Crippen molar-refractivity contribution in [1.82, 2.24) is 10.2 Å². The van der Waals surface area contributed by atoms with Crippen LogP contribution in [0.3, 0.4) is 0 Å².